The van der Waals surface area contributed by atoms with Gasteiger partial charge < -0.3 is 20.9 Å². The fourth-order valence-corrected chi connectivity index (χ4v) is 0.977. The van der Waals surface area contributed by atoms with Crippen LogP contribution in [0.2, 0.25) is 0 Å². The van der Waals surface area contributed by atoms with Crippen molar-refractivity contribution in [1.82, 2.24) is 5.32 Å². The lowest BCUT2D eigenvalue weighted by Gasteiger charge is -2.11. The lowest BCUT2D eigenvalue weighted by Crippen LogP contribution is -2.43. The maximum absolute atomic E-state index is 11.2. The molecule has 16 heavy (non-hydrogen) atoms. The Bertz CT molecular complexity index is 231. The third-order valence-electron chi connectivity index (χ3n) is 1.73. The number of carboxylic acid groups (broad SMARTS) is 1. The summed E-state index contributed by atoms with van der Waals surface area (Å²) in [4.78, 5) is 21.5. The second kappa shape index (κ2) is 8.06. The topological polar surface area (TPSA) is 102 Å². The van der Waals surface area contributed by atoms with Crippen LogP contribution in [0.3, 0.4) is 0 Å². The molecular weight excluding hydrogens is 212 g/mol. The fraction of sp³-hybridized carbons (Fsp3) is 0.800. The van der Waals surface area contributed by atoms with E-state index in [2.05, 4.69) is 5.32 Å². The SMILES string of the molecule is CC(C)COCCNC(=O)C(N)CC(=O)O. The Morgan fingerprint density at radius 2 is 2.06 bits per heavy atom. The average Bonchev–Trinajstić information content (AvgIpc) is 2.15. The van der Waals surface area contributed by atoms with Gasteiger partial charge >= 0.3 is 5.97 Å². The Kier molecular flexibility index (Phi) is 7.49. The van der Waals surface area contributed by atoms with E-state index in [4.69, 9.17) is 15.6 Å². The van der Waals surface area contributed by atoms with Crippen LogP contribution in [0.15, 0.2) is 0 Å². The maximum Gasteiger partial charge on any atom is 0.305 e. The van der Waals surface area contributed by atoms with Gasteiger partial charge in [0.05, 0.1) is 19.1 Å². The van der Waals surface area contributed by atoms with Gasteiger partial charge in [0, 0.05) is 13.2 Å². The van der Waals surface area contributed by atoms with Gasteiger partial charge in [0.15, 0.2) is 0 Å². The van der Waals surface area contributed by atoms with Crippen molar-refractivity contribution >= 4 is 11.9 Å². The number of ether oxygens (including phenoxy) is 1. The summed E-state index contributed by atoms with van der Waals surface area (Å²) < 4.78 is 5.23. The molecule has 6 nitrogen and oxygen atoms in total. The number of aliphatic carboxylic acids is 1. The highest BCUT2D eigenvalue weighted by molar-refractivity contribution is 5.85. The van der Waals surface area contributed by atoms with E-state index in [1.54, 1.807) is 0 Å². The van der Waals surface area contributed by atoms with Crippen molar-refractivity contribution < 1.29 is 19.4 Å². The second-order valence-corrected chi connectivity index (χ2v) is 3.96. The number of rotatable bonds is 8. The van der Waals surface area contributed by atoms with Crippen molar-refractivity contribution in [2.75, 3.05) is 19.8 Å². The number of nitrogens with two attached hydrogens (primary N) is 1. The Balaban J connectivity index is 3.53. The van der Waals surface area contributed by atoms with E-state index in [-0.39, 0.29) is 6.42 Å². The van der Waals surface area contributed by atoms with Crippen LogP contribution in [0, 0.1) is 5.92 Å². The fourth-order valence-electron chi connectivity index (χ4n) is 0.977. The van der Waals surface area contributed by atoms with Crippen LogP contribution in [0.1, 0.15) is 20.3 Å². The zero-order chi connectivity index (χ0) is 12.6. The highest BCUT2D eigenvalue weighted by Crippen LogP contribution is 1.91. The molecule has 0 aliphatic rings. The molecule has 4 N–H and O–H groups in total. The Morgan fingerprint density at radius 3 is 2.56 bits per heavy atom. The van der Waals surface area contributed by atoms with E-state index in [0.717, 1.165) is 0 Å². The molecule has 6 heteroatoms. The number of amides is 1. The van der Waals surface area contributed by atoms with Gasteiger partial charge in [-0.15, -0.1) is 0 Å². The summed E-state index contributed by atoms with van der Waals surface area (Å²) in [5.41, 5.74) is 5.35. The standard InChI is InChI=1S/C10H20N2O4/c1-7(2)6-16-4-3-12-10(15)8(11)5-9(13)14/h7-8H,3-6,11H2,1-2H3,(H,12,15)(H,13,14). The van der Waals surface area contributed by atoms with Gasteiger partial charge in [-0.3, -0.25) is 9.59 Å². The third kappa shape index (κ3) is 8.19. The van der Waals surface area contributed by atoms with E-state index in [1.807, 2.05) is 13.8 Å². The van der Waals surface area contributed by atoms with Crippen LogP contribution in [0.5, 0.6) is 0 Å². The van der Waals surface area contributed by atoms with Gasteiger partial charge in [0.2, 0.25) is 5.91 Å². The first-order valence-electron chi connectivity index (χ1n) is 5.26. The number of carbonyl (C=O) groups excluding carboxylic acids is 1. The van der Waals surface area contributed by atoms with Gasteiger partial charge in [-0.25, -0.2) is 0 Å². The lowest BCUT2D eigenvalue weighted by molar-refractivity contribution is -0.139. The summed E-state index contributed by atoms with van der Waals surface area (Å²) in [7, 11) is 0. The van der Waals surface area contributed by atoms with Crippen molar-refractivity contribution in [2.24, 2.45) is 11.7 Å². The number of carbonyl (C=O) groups is 2. The molecule has 0 heterocycles. The summed E-state index contributed by atoms with van der Waals surface area (Å²) in [6.45, 7) is 5.45. The Labute approximate surface area is 95.1 Å². The summed E-state index contributed by atoms with van der Waals surface area (Å²) in [6, 6.07) is -0.998. The van der Waals surface area contributed by atoms with E-state index < -0.39 is 17.9 Å². The maximum atomic E-state index is 11.2. The number of nitrogens with one attached hydrogen (secondary N) is 1. The first-order valence-corrected chi connectivity index (χ1v) is 5.26. The van der Waals surface area contributed by atoms with Crippen LogP contribution in [-0.2, 0) is 14.3 Å². The summed E-state index contributed by atoms with van der Waals surface area (Å²) in [5.74, 6) is -1.10. The van der Waals surface area contributed by atoms with Crippen LogP contribution in [0.25, 0.3) is 0 Å². The van der Waals surface area contributed by atoms with E-state index in [9.17, 15) is 9.59 Å². The van der Waals surface area contributed by atoms with Gasteiger partial charge in [-0.2, -0.15) is 0 Å². The molecule has 1 amide bonds. The van der Waals surface area contributed by atoms with Gasteiger partial charge in [-0.1, -0.05) is 13.8 Å². The zero-order valence-corrected chi connectivity index (χ0v) is 9.73. The van der Waals surface area contributed by atoms with Crippen LogP contribution in [-0.4, -0.2) is 42.8 Å². The summed E-state index contributed by atoms with van der Waals surface area (Å²) >= 11 is 0. The summed E-state index contributed by atoms with van der Waals surface area (Å²) in [6.07, 6.45) is -0.362. The average molecular weight is 232 g/mol. The minimum absolute atomic E-state index is 0.346. The van der Waals surface area contributed by atoms with Crippen molar-refractivity contribution in [1.29, 1.82) is 0 Å². The normalized spacial score (nSPS) is 12.5. The molecule has 1 unspecified atom stereocenters. The van der Waals surface area contributed by atoms with Gasteiger partial charge in [0.25, 0.3) is 0 Å². The molecule has 0 bridgehead atoms. The van der Waals surface area contributed by atoms with Crippen molar-refractivity contribution in [3.05, 3.63) is 0 Å². The van der Waals surface area contributed by atoms with Crippen molar-refractivity contribution in [3.8, 4) is 0 Å². The quantitative estimate of drug-likeness (QED) is 0.493. The molecule has 0 saturated heterocycles. The molecule has 0 saturated carbocycles. The van der Waals surface area contributed by atoms with Crippen LogP contribution < -0.4 is 11.1 Å². The molecule has 0 spiro atoms. The molecule has 0 aromatic heterocycles. The molecule has 0 rings (SSSR count). The number of carboxylic acids is 1. The van der Waals surface area contributed by atoms with Crippen molar-refractivity contribution in [2.45, 2.75) is 26.3 Å². The molecule has 0 fully saturated rings. The second-order valence-electron chi connectivity index (χ2n) is 3.96. The Hall–Kier alpha value is -1.14. The molecular formula is C10H20N2O4. The van der Waals surface area contributed by atoms with Crippen molar-refractivity contribution in [3.63, 3.8) is 0 Å². The van der Waals surface area contributed by atoms with Gasteiger partial charge in [0.1, 0.15) is 0 Å². The van der Waals surface area contributed by atoms with Gasteiger partial charge in [-0.05, 0) is 5.92 Å². The molecule has 0 aromatic rings. The molecule has 1 atom stereocenters. The largest absolute Gasteiger partial charge is 0.481 e. The molecule has 0 aromatic carbocycles. The molecule has 0 aliphatic heterocycles. The smallest absolute Gasteiger partial charge is 0.305 e. The third-order valence-corrected chi connectivity index (χ3v) is 1.73. The monoisotopic (exact) mass is 232 g/mol. The lowest BCUT2D eigenvalue weighted by atomic mass is 10.2. The first-order chi connectivity index (χ1) is 7.43. The molecule has 0 radical (unpaired) electrons. The van der Waals surface area contributed by atoms with Crippen LogP contribution >= 0.6 is 0 Å². The van der Waals surface area contributed by atoms with E-state index >= 15 is 0 Å². The number of hydrogen-bond donors (Lipinski definition) is 3. The minimum Gasteiger partial charge on any atom is -0.481 e. The highest BCUT2D eigenvalue weighted by Gasteiger charge is 2.15. The van der Waals surface area contributed by atoms with E-state index in [0.29, 0.717) is 25.7 Å². The minimum atomic E-state index is -1.08. The zero-order valence-electron chi connectivity index (χ0n) is 9.73. The predicted octanol–water partition coefficient (Wildman–Crippen LogP) is -0.423. The van der Waals surface area contributed by atoms with Crippen LogP contribution in [0.4, 0.5) is 0 Å². The predicted molar refractivity (Wildman–Crippen MR) is 58.9 cm³/mol. The molecule has 0 aliphatic carbocycles. The Morgan fingerprint density at radius 1 is 1.44 bits per heavy atom. The summed E-state index contributed by atoms with van der Waals surface area (Å²) in [5, 5.41) is 10.9. The molecule has 94 valence electrons. The van der Waals surface area contributed by atoms with E-state index in [1.165, 1.54) is 0 Å². The highest BCUT2D eigenvalue weighted by atomic mass is 16.5. The first kappa shape index (κ1) is 14.9. The number of hydrogen-bond acceptors (Lipinski definition) is 4.